The van der Waals surface area contributed by atoms with E-state index in [0.717, 1.165) is 30.1 Å². The summed E-state index contributed by atoms with van der Waals surface area (Å²) in [5, 5.41) is 0.743. The summed E-state index contributed by atoms with van der Waals surface area (Å²) in [5.41, 5.74) is 7.24. The molecule has 1 fully saturated rings. The smallest absolute Gasteiger partial charge is 0.196 e. The molecule has 0 aliphatic carbocycles. The molecule has 2 aliphatic heterocycles. The minimum Gasteiger partial charge on any atom is -0.369 e. The molecule has 0 unspecified atom stereocenters. The number of nitrogens with two attached hydrogens (primary N) is 1. The van der Waals surface area contributed by atoms with Crippen LogP contribution in [0, 0.1) is 0 Å². The van der Waals surface area contributed by atoms with Crippen molar-refractivity contribution in [3.63, 3.8) is 0 Å². The van der Waals surface area contributed by atoms with Crippen molar-refractivity contribution in [3.8, 4) is 0 Å². The number of anilines is 1. The number of guanidine groups is 1. The first-order chi connectivity index (χ1) is 8.71. The Morgan fingerprint density at radius 3 is 2.83 bits per heavy atom. The van der Waals surface area contributed by atoms with Crippen LogP contribution in [0.4, 0.5) is 5.69 Å². The molecule has 1 aromatic carbocycles. The lowest BCUT2D eigenvalue weighted by Crippen LogP contribution is -2.54. The second kappa shape index (κ2) is 4.67. The Morgan fingerprint density at radius 1 is 1.33 bits per heavy atom. The normalized spacial score (nSPS) is 22.3. The first-order valence-electron chi connectivity index (χ1n) is 6.15. The summed E-state index contributed by atoms with van der Waals surface area (Å²) >= 11 is 8.10. The number of benzene rings is 1. The zero-order valence-electron chi connectivity index (χ0n) is 10.1. The van der Waals surface area contributed by atoms with Crippen molar-refractivity contribution in [2.75, 3.05) is 23.0 Å². The molecule has 2 aliphatic rings. The number of halogens is 1. The van der Waals surface area contributed by atoms with Gasteiger partial charge in [0, 0.05) is 10.7 Å². The van der Waals surface area contributed by atoms with Crippen molar-refractivity contribution in [1.29, 1.82) is 0 Å². The monoisotopic (exact) mass is 281 g/mol. The predicted molar refractivity (Wildman–Crippen MR) is 79.7 cm³/mol. The molecule has 1 aromatic rings. The molecule has 2 heterocycles. The first kappa shape index (κ1) is 12.2. The SMILES string of the molecule is NC1=NCC2(CCSCC2)N1c1cccc(Cl)c1. The van der Waals surface area contributed by atoms with Crippen LogP contribution in [0.25, 0.3) is 0 Å². The minimum absolute atomic E-state index is 0.0833. The number of aliphatic imine (C=N–C) groups is 1. The zero-order valence-corrected chi connectivity index (χ0v) is 11.7. The summed E-state index contributed by atoms with van der Waals surface area (Å²) in [4.78, 5) is 6.66. The lowest BCUT2D eigenvalue weighted by atomic mass is 9.90. The van der Waals surface area contributed by atoms with E-state index in [2.05, 4.69) is 16.0 Å². The summed E-state index contributed by atoms with van der Waals surface area (Å²) in [7, 11) is 0. The highest BCUT2D eigenvalue weighted by atomic mass is 35.5. The number of hydrogen-bond donors (Lipinski definition) is 1. The van der Waals surface area contributed by atoms with E-state index >= 15 is 0 Å². The van der Waals surface area contributed by atoms with Gasteiger partial charge in [-0.2, -0.15) is 11.8 Å². The van der Waals surface area contributed by atoms with Crippen LogP contribution in [0.5, 0.6) is 0 Å². The molecule has 1 saturated heterocycles. The molecule has 5 heteroatoms. The average Bonchev–Trinajstić information content (AvgIpc) is 2.67. The van der Waals surface area contributed by atoms with Gasteiger partial charge in [-0.3, -0.25) is 4.99 Å². The van der Waals surface area contributed by atoms with Crippen LogP contribution in [-0.4, -0.2) is 29.5 Å². The molecule has 0 aromatic heterocycles. The lowest BCUT2D eigenvalue weighted by Gasteiger charge is -2.41. The van der Waals surface area contributed by atoms with Gasteiger partial charge in [0.15, 0.2) is 5.96 Å². The standard InChI is InChI=1S/C13H16ClN3S/c14-10-2-1-3-11(8-10)17-12(15)16-9-13(17)4-6-18-7-5-13/h1-3,8H,4-7,9H2,(H2,15,16). The number of thioether (sulfide) groups is 1. The minimum atomic E-state index is 0.0833. The number of nitrogens with zero attached hydrogens (tertiary/aromatic N) is 2. The third-order valence-electron chi connectivity index (χ3n) is 3.73. The Hall–Kier alpha value is -0.870. The number of rotatable bonds is 1. The molecule has 0 radical (unpaired) electrons. The Bertz CT molecular complexity index is 483. The van der Waals surface area contributed by atoms with E-state index in [1.807, 2.05) is 30.0 Å². The van der Waals surface area contributed by atoms with Gasteiger partial charge in [-0.1, -0.05) is 17.7 Å². The molecular formula is C13H16ClN3S. The maximum absolute atomic E-state index is 6.09. The summed E-state index contributed by atoms with van der Waals surface area (Å²) < 4.78 is 0. The van der Waals surface area contributed by atoms with Crippen molar-refractivity contribution in [1.82, 2.24) is 0 Å². The molecule has 96 valence electrons. The van der Waals surface area contributed by atoms with E-state index in [1.165, 1.54) is 11.5 Å². The van der Waals surface area contributed by atoms with Crippen molar-refractivity contribution in [2.45, 2.75) is 18.4 Å². The Morgan fingerprint density at radius 2 is 2.11 bits per heavy atom. The third-order valence-corrected chi connectivity index (χ3v) is 4.95. The van der Waals surface area contributed by atoms with Gasteiger partial charge in [-0.15, -0.1) is 0 Å². The summed E-state index contributed by atoms with van der Waals surface area (Å²) in [6, 6.07) is 7.88. The van der Waals surface area contributed by atoms with Gasteiger partial charge in [-0.25, -0.2) is 0 Å². The van der Waals surface area contributed by atoms with Gasteiger partial charge in [0.25, 0.3) is 0 Å². The fourth-order valence-corrected chi connectivity index (χ4v) is 4.20. The Kier molecular flexibility index (Phi) is 3.16. The maximum Gasteiger partial charge on any atom is 0.196 e. The molecule has 0 bridgehead atoms. The highest BCUT2D eigenvalue weighted by molar-refractivity contribution is 7.99. The van der Waals surface area contributed by atoms with Gasteiger partial charge < -0.3 is 10.6 Å². The second-order valence-corrected chi connectivity index (χ2v) is 6.49. The van der Waals surface area contributed by atoms with Crippen LogP contribution in [0.3, 0.4) is 0 Å². The quantitative estimate of drug-likeness (QED) is 0.861. The number of hydrogen-bond acceptors (Lipinski definition) is 4. The van der Waals surface area contributed by atoms with Gasteiger partial charge in [-0.05, 0) is 42.5 Å². The van der Waals surface area contributed by atoms with Crippen LogP contribution in [0.15, 0.2) is 29.3 Å². The van der Waals surface area contributed by atoms with Crippen molar-refractivity contribution < 1.29 is 0 Å². The summed E-state index contributed by atoms with van der Waals surface area (Å²) in [5.74, 6) is 2.99. The van der Waals surface area contributed by atoms with E-state index in [9.17, 15) is 0 Å². The van der Waals surface area contributed by atoms with Crippen LogP contribution < -0.4 is 10.6 Å². The highest BCUT2D eigenvalue weighted by Crippen LogP contribution is 2.39. The lowest BCUT2D eigenvalue weighted by molar-refractivity contribution is 0.424. The first-order valence-corrected chi connectivity index (χ1v) is 7.68. The van der Waals surface area contributed by atoms with Crippen LogP contribution >= 0.6 is 23.4 Å². The predicted octanol–water partition coefficient (Wildman–Crippen LogP) is 2.74. The average molecular weight is 282 g/mol. The summed E-state index contributed by atoms with van der Waals surface area (Å²) in [6.45, 7) is 0.811. The van der Waals surface area contributed by atoms with Crippen molar-refractivity contribution >= 4 is 35.0 Å². The molecule has 0 atom stereocenters. The zero-order chi connectivity index (χ0) is 12.6. The van der Waals surface area contributed by atoms with Crippen LogP contribution in [-0.2, 0) is 0 Å². The third kappa shape index (κ3) is 1.97. The van der Waals surface area contributed by atoms with Gasteiger partial charge in [0.05, 0.1) is 12.1 Å². The van der Waals surface area contributed by atoms with E-state index in [0.29, 0.717) is 5.96 Å². The van der Waals surface area contributed by atoms with Crippen LogP contribution in [0.2, 0.25) is 5.02 Å². The fourth-order valence-electron chi connectivity index (χ4n) is 2.77. The molecule has 3 rings (SSSR count). The van der Waals surface area contributed by atoms with E-state index in [4.69, 9.17) is 17.3 Å². The highest BCUT2D eigenvalue weighted by Gasteiger charge is 2.43. The summed E-state index contributed by atoms with van der Waals surface area (Å²) in [6.07, 6.45) is 2.27. The second-order valence-electron chi connectivity index (χ2n) is 4.83. The molecule has 3 nitrogen and oxygen atoms in total. The molecular weight excluding hydrogens is 266 g/mol. The molecule has 2 N–H and O–H groups in total. The Labute approximate surface area is 116 Å². The van der Waals surface area contributed by atoms with E-state index in [-0.39, 0.29) is 5.54 Å². The molecule has 0 saturated carbocycles. The van der Waals surface area contributed by atoms with E-state index < -0.39 is 0 Å². The fraction of sp³-hybridized carbons (Fsp3) is 0.462. The largest absolute Gasteiger partial charge is 0.369 e. The van der Waals surface area contributed by atoms with Gasteiger partial charge >= 0.3 is 0 Å². The van der Waals surface area contributed by atoms with Crippen molar-refractivity contribution in [2.24, 2.45) is 10.7 Å². The van der Waals surface area contributed by atoms with Gasteiger partial charge in [0.2, 0.25) is 0 Å². The van der Waals surface area contributed by atoms with Gasteiger partial charge in [0.1, 0.15) is 0 Å². The van der Waals surface area contributed by atoms with E-state index in [1.54, 1.807) is 0 Å². The van der Waals surface area contributed by atoms with Crippen LogP contribution in [0.1, 0.15) is 12.8 Å². The van der Waals surface area contributed by atoms with Crippen molar-refractivity contribution in [3.05, 3.63) is 29.3 Å². The molecule has 0 amide bonds. The molecule has 18 heavy (non-hydrogen) atoms. The topological polar surface area (TPSA) is 41.6 Å². The maximum atomic E-state index is 6.09. The molecule has 1 spiro atoms. The Balaban J connectivity index is 1.98.